The van der Waals surface area contributed by atoms with E-state index in [1.807, 2.05) is 18.2 Å². The van der Waals surface area contributed by atoms with Crippen molar-refractivity contribution < 1.29 is 4.42 Å². The van der Waals surface area contributed by atoms with Crippen LogP contribution in [-0.2, 0) is 0 Å². The van der Waals surface area contributed by atoms with E-state index in [9.17, 15) is 4.79 Å². The lowest BCUT2D eigenvalue weighted by atomic mass is 9.88. The maximum absolute atomic E-state index is 13.5. The van der Waals surface area contributed by atoms with Gasteiger partial charge in [-0.3, -0.25) is 4.79 Å². The molecule has 1 saturated carbocycles. The van der Waals surface area contributed by atoms with Crippen LogP contribution in [0.3, 0.4) is 0 Å². The summed E-state index contributed by atoms with van der Waals surface area (Å²) in [4.78, 5) is 19.4. The predicted octanol–water partition coefficient (Wildman–Crippen LogP) is 7.90. The van der Waals surface area contributed by atoms with E-state index in [1.54, 1.807) is 12.3 Å². The Kier molecular flexibility index (Phi) is 7.09. The summed E-state index contributed by atoms with van der Waals surface area (Å²) in [5.41, 5.74) is 1.76. The minimum Gasteiger partial charge on any atom is -0.447 e. The van der Waals surface area contributed by atoms with Gasteiger partial charge in [0.1, 0.15) is 11.6 Å². The van der Waals surface area contributed by atoms with Crippen molar-refractivity contribution in [1.82, 2.24) is 9.66 Å². The maximum Gasteiger partial charge on any atom is 0.282 e. The lowest BCUT2D eigenvalue weighted by Crippen LogP contribution is -2.25. The molecule has 0 radical (unpaired) electrons. The number of benzene rings is 2. The second-order valence-corrected chi connectivity index (χ2v) is 11.3. The fraction of sp³-hybridized carbons (Fsp3) is 0.269. The number of hydrogen-bond donors (Lipinski definition) is 0. The van der Waals surface area contributed by atoms with E-state index in [1.165, 1.54) is 28.4 Å². The van der Waals surface area contributed by atoms with Gasteiger partial charge in [0.05, 0.1) is 21.6 Å². The molecular formula is C26H23Br2N3O2S. The van der Waals surface area contributed by atoms with Gasteiger partial charge in [0.2, 0.25) is 0 Å². The number of nitrogens with zero attached hydrogens (tertiary/aromatic N) is 3. The highest BCUT2D eigenvalue weighted by atomic mass is 79.9. The van der Waals surface area contributed by atoms with Crippen LogP contribution in [0.15, 0.2) is 81.8 Å². The minimum absolute atomic E-state index is 0.164. The van der Waals surface area contributed by atoms with Crippen molar-refractivity contribution in [2.45, 2.75) is 54.9 Å². The summed E-state index contributed by atoms with van der Waals surface area (Å²) < 4.78 is 9.18. The number of aryl methyl sites for hydroxylation is 1. The summed E-state index contributed by atoms with van der Waals surface area (Å²) >= 11 is 8.59. The molecule has 1 aliphatic carbocycles. The van der Waals surface area contributed by atoms with E-state index in [2.05, 4.69) is 68.2 Å². The summed E-state index contributed by atoms with van der Waals surface area (Å²) in [6.45, 7) is 2.07. The monoisotopic (exact) mass is 599 g/mol. The molecule has 8 heteroatoms. The van der Waals surface area contributed by atoms with Gasteiger partial charge in [-0.1, -0.05) is 64.7 Å². The Labute approximate surface area is 218 Å². The average Bonchev–Trinajstić information content (AvgIpc) is 3.19. The predicted molar refractivity (Wildman–Crippen MR) is 144 cm³/mol. The third-order valence-corrected chi connectivity index (χ3v) is 8.35. The SMILES string of the molecule is Cc1ccc(Sc2oc(C=Nn3c(C4CCCCC4)nc4ccc(Br)cc4c3=O)cc2Br)cc1. The number of halogens is 2. The first kappa shape index (κ1) is 23.6. The van der Waals surface area contributed by atoms with Gasteiger partial charge in [-0.15, -0.1) is 0 Å². The van der Waals surface area contributed by atoms with E-state index in [4.69, 9.17) is 9.40 Å². The van der Waals surface area contributed by atoms with E-state index in [-0.39, 0.29) is 11.5 Å². The molecule has 0 atom stereocenters. The molecule has 2 aromatic carbocycles. The summed E-state index contributed by atoms with van der Waals surface area (Å²) in [5, 5.41) is 5.87. The second kappa shape index (κ2) is 10.2. The smallest absolute Gasteiger partial charge is 0.282 e. The first-order chi connectivity index (χ1) is 16.5. The number of rotatable bonds is 5. The van der Waals surface area contributed by atoms with Crippen LogP contribution in [-0.4, -0.2) is 15.9 Å². The van der Waals surface area contributed by atoms with E-state index in [0.717, 1.165) is 50.4 Å². The number of hydrogen-bond acceptors (Lipinski definition) is 5. The molecule has 0 unspecified atom stereocenters. The van der Waals surface area contributed by atoms with Crippen LogP contribution in [0.1, 0.15) is 55.2 Å². The molecule has 0 saturated heterocycles. The molecule has 0 spiro atoms. The Morgan fingerprint density at radius 1 is 1.09 bits per heavy atom. The Balaban J connectivity index is 1.51. The van der Waals surface area contributed by atoms with E-state index in [0.29, 0.717) is 16.7 Å². The molecule has 5 nitrogen and oxygen atoms in total. The van der Waals surface area contributed by atoms with E-state index < -0.39 is 0 Å². The third kappa shape index (κ3) is 5.09. The maximum atomic E-state index is 13.5. The molecule has 0 bridgehead atoms. The molecule has 1 aliphatic rings. The van der Waals surface area contributed by atoms with E-state index >= 15 is 0 Å². The Hall–Kier alpha value is -2.16. The molecule has 174 valence electrons. The van der Waals surface area contributed by atoms with Crippen LogP contribution >= 0.6 is 43.6 Å². The Morgan fingerprint density at radius 3 is 2.62 bits per heavy atom. The van der Waals surface area contributed by atoms with Gasteiger partial charge in [0.25, 0.3) is 5.56 Å². The van der Waals surface area contributed by atoms with Gasteiger partial charge in [-0.2, -0.15) is 9.78 Å². The number of fused-ring (bicyclic) bond motifs is 1. The van der Waals surface area contributed by atoms with Crippen LogP contribution < -0.4 is 5.56 Å². The molecule has 0 aliphatic heterocycles. The molecular weight excluding hydrogens is 578 g/mol. The van der Waals surface area contributed by atoms with Crippen molar-refractivity contribution in [2.24, 2.45) is 5.10 Å². The van der Waals surface area contributed by atoms with Crippen molar-refractivity contribution in [3.8, 4) is 0 Å². The number of furan rings is 1. The largest absolute Gasteiger partial charge is 0.447 e. The van der Waals surface area contributed by atoms with Crippen LogP contribution in [0.2, 0.25) is 0 Å². The average molecular weight is 601 g/mol. The quantitative estimate of drug-likeness (QED) is 0.218. The fourth-order valence-corrected chi connectivity index (χ4v) is 5.92. The fourth-order valence-electron chi connectivity index (χ4n) is 4.23. The first-order valence-corrected chi connectivity index (χ1v) is 13.7. The highest BCUT2D eigenvalue weighted by Gasteiger charge is 2.22. The van der Waals surface area contributed by atoms with Crippen molar-refractivity contribution in [1.29, 1.82) is 0 Å². The Bertz CT molecular complexity index is 1420. The van der Waals surface area contributed by atoms with Crippen molar-refractivity contribution in [3.05, 3.63) is 85.0 Å². The van der Waals surface area contributed by atoms with Gasteiger partial charge in [0, 0.05) is 21.4 Å². The molecule has 4 aromatic rings. The minimum atomic E-state index is -0.164. The lowest BCUT2D eigenvalue weighted by Gasteiger charge is -2.22. The lowest BCUT2D eigenvalue weighted by molar-refractivity contribution is 0.416. The molecule has 0 N–H and O–H groups in total. The second-order valence-electron chi connectivity index (χ2n) is 8.53. The molecule has 5 rings (SSSR count). The van der Waals surface area contributed by atoms with Crippen LogP contribution in [0.4, 0.5) is 0 Å². The Morgan fingerprint density at radius 2 is 1.85 bits per heavy atom. The van der Waals surface area contributed by atoms with Gasteiger partial charge in [-0.05, 0) is 66.0 Å². The first-order valence-electron chi connectivity index (χ1n) is 11.3. The normalized spacial score (nSPS) is 14.9. The molecule has 2 heterocycles. The summed E-state index contributed by atoms with van der Waals surface area (Å²) in [7, 11) is 0. The van der Waals surface area contributed by atoms with Crippen LogP contribution in [0.5, 0.6) is 0 Å². The zero-order valence-electron chi connectivity index (χ0n) is 18.6. The number of aromatic nitrogens is 2. The molecule has 1 fully saturated rings. The van der Waals surface area contributed by atoms with Gasteiger partial charge in [-0.25, -0.2) is 4.98 Å². The van der Waals surface area contributed by atoms with Crippen LogP contribution in [0, 0.1) is 6.92 Å². The topological polar surface area (TPSA) is 60.4 Å². The van der Waals surface area contributed by atoms with Crippen molar-refractivity contribution >= 4 is 60.7 Å². The molecule has 34 heavy (non-hydrogen) atoms. The highest BCUT2D eigenvalue weighted by Crippen LogP contribution is 2.36. The van der Waals surface area contributed by atoms with Crippen molar-refractivity contribution in [3.63, 3.8) is 0 Å². The zero-order chi connectivity index (χ0) is 23.7. The zero-order valence-corrected chi connectivity index (χ0v) is 22.6. The van der Waals surface area contributed by atoms with Crippen molar-refractivity contribution in [2.75, 3.05) is 0 Å². The summed E-state index contributed by atoms with van der Waals surface area (Å²) in [5.74, 6) is 1.52. The third-order valence-electron chi connectivity index (χ3n) is 6.01. The van der Waals surface area contributed by atoms with Gasteiger partial charge in [0.15, 0.2) is 5.09 Å². The summed E-state index contributed by atoms with van der Waals surface area (Å²) in [6.07, 6.45) is 7.16. The van der Waals surface area contributed by atoms with Crippen LogP contribution in [0.25, 0.3) is 10.9 Å². The van der Waals surface area contributed by atoms with Gasteiger partial charge < -0.3 is 4.42 Å². The molecule has 0 amide bonds. The highest BCUT2D eigenvalue weighted by molar-refractivity contribution is 9.10. The molecule has 2 aromatic heterocycles. The summed E-state index contributed by atoms with van der Waals surface area (Å²) in [6, 6.07) is 15.8. The van der Waals surface area contributed by atoms with Gasteiger partial charge >= 0.3 is 0 Å². The standard InChI is InChI=1S/C26H23Br2N3O2S/c1-16-7-10-20(11-8-16)34-26-22(28)14-19(33-26)15-29-31-24(17-5-3-2-4-6-17)30-23-12-9-18(27)13-21(23)25(31)32/h7-15,17H,2-6H2,1H3.